The van der Waals surface area contributed by atoms with Crippen LogP contribution in [-0.2, 0) is 44.7 Å². The third kappa shape index (κ3) is 11.8. The van der Waals surface area contributed by atoms with Gasteiger partial charge in [-0.15, -0.1) is 0 Å². The van der Waals surface area contributed by atoms with Crippen LogP contribution >= 0.6 is 0 Å². The van der Waals surface area contributed by atoms with Crippen molar-refractivity contribution in [1.82, 2.24) is 9.47 Å². The van der Waals surface area contributed by atoms with E-state index < -0.39 is 83.9 Å². The molecule has 2 bridgehead atoms. The molecule has 68 heavy (non-hydrogen) atoms. The maximum Gasteiger partial charge on any atom is 0.329 e. The van der Waals surface area contributed by atoms with Gasteiger partial charge in [0.1, 0.15) is 24.0 Å². The fraction of sp³-hybridized carbons (Fsp3) is 0.704. The monoisotopic (exact) mass is 948 g/mol. The zero-order valence-corrected chi connectivity index (χ0v) is 42.4. The van der Waals surface area contributed by atoms with Crippen LogP contribution < -0.4 is 4.90 Å². The molecule has 3 fully saturated rings. The second-order valence-corrected chi connectivity index (χ2v) is 20.8. The molecular formula is C54H81N3O11. The fourth-order valence-electron chi connectivity index (χ4n) is 11.6. The number of amides is 1. The second kappa shape index (κ2) is 23.3. The molecule has 2 saturated heterocycles. The van der Waals surface area contributed by atoms with Gasteiger partial charge in [-0.2, -0.15) is 0 Å². The van der Waals surface area contributed by atoms with Crippen LogP contribution in [0.4, 0.5) is 5.69 Å². The highest BCUT2D eigenvalue weighted by Crippen LogP contribution is 2.40. The van der Waals surface area contributed by atoms with Crippen LogP contribution in [0.5, 0.6) is 0 Å². The molecule has 1 aliphatic carbocycles. The molecule has 6 rings (SSSR count). The molecule has 14 atom stereocenters. The van der Waals surface area contributed by atoms with Crippen molar-refractivity contribution in [3.63, 3.8) is 0 Å². The topological polar surface area (TPSA) is 177 Å². The molecule has 4 aliphatic rings. The Morgan fingerprint density at radius 3 is 2.34 bits per heavy atom. The Bertz CT molecular complexity index is 2130. The highest BCUT2D eigenvalue weighted by molar-refractivity contribution is 6.39. The largest absolute Gasteiger partial charge is 0.456 e. The standard InChI is InChI=1S/C54H81N3O11/c1-11-21-56-23-20-39-30-40(17-19-41(39)56)55(8)42-18-16-37(29-46(42)60)27-34(5)49-36(7)44(58)31-45(59)38(12-2)25-32(3)24-33(4)26-47(65-9)50-48(66-10)28-35(6)54(64,68-50)51(61)52(62)57-22-14-13-15-43(57)53(63)67-49/h17,19-20,23,25,27,30,33,35-38,42-44,46-50,58,60,64H,11-16,18,21-22,24,26,28-29,31H2,1-10H3/b32-25+,34-27?. The van der Waals surface area contributed by atoms with E-state index in [0.29, 0.717) is 50.5 Å². The number of piperidine rings is 1. The Kier molecular flexibility index (Phi) is 18.3. The quantitative estimate of drug-likeness (QED) is 0.130. The van der Waals surface area contributed by atoms with Crippen molar-refractivity contribution >= 4 is 40.0 Å². The number of anilines is 1. The minimum atomic E-state index is -2.51. The number of allylic oxidation sites excluding steroid dienone is 3. The number of cyclic esters (lactones) is 1. The number of aliphatic hydroxyl groups is 3. The van der Waals surface area contributed by atoms with E-state index in [-0.39, 0.29) is 49.5 Å². The molecule has 14 heteroatoms. The number of Topliss-reactive ketones (excluding diaryl/α,β-unsaturated/α-hetero) is 2. The molecule has 0 spiro atoms. The van der Waals surface area contributed by atoms with Gasteiger partial charge in [0.25, 0.3) is 11.7 Å². The molecule has 1 saturated carbocycles. The van der Waals surface area contributed by atoms with Crippen molar-refractivity contribution in [3.05, 3.63) is 53.8 Å². The van der Waals surface area contributed by atoms with Crippen LogP contribution in [0.15, 0.2) is 53.8 Å². The van der Waals surface area contributed by atoms with Gasteiger partial charge in [0, 0.05) is 81.3 Å². The van der Waals surface area contributed by atoms with Crippen molar-refractivity contribution in [3.8, 4) is 0 Å². The molecular weight excluding hydrogens is 867 g/mol. The van der Waals surface area contributed by atoms with E-state index >= 15 is 0 Å². The molecule has 14 unspecified atom stereocenters. The number of fused-ring (bicyclic) bond motifs is 4. The van der Waals surface area contributed by atoms with Gasteiger partial charge in [-0.1, -0.05) is 52.3 Å². The number of aromatic nitrogens is 1. The number of ether oxygens (including phenoxy) is 4. The summed E-state index contributed by atoms with van der Waals surface area (Å²) in [6, 6.07) is 7.29. The van der Waals surface area contributed by atoms with Gasteiger partial charge < -0.3 is 48.6 Å². The summed E-state index contributed by atoms with van der Waals surface area (Å²) in [5.41, 5.74) is 3.87. The second-order valence-electron chi connectivity index (χ2n) is 20.8. The number of nitrogens with zero attached hydrogens (tertiary/aromatic N) is 3. The summed E-state index contributed by atoms with van der Waals surface area (Å²) in [6.07, 6.45) is 7.23. The summed E-state index contributed by atoms with van der Waals surface area (Å²) < 4.78 is 26.7. The highest BCUT2D eigenvalue weighted by atomic mass is 16.7. The zero-order chi connectivity index (χ0) is 49.6. The van der Waals surface area contributed by atoms with Crippen LogP contribution in [0.3, 0.4) is 0 Å². The van der Waals surface area contributed by atoms with Gasteiger partial charge in [0.15, 0.2) is 0 Å². The summed E-state index contributed by atoms with van der Waals surface area (Å²) in [5.74, 6) is -7.65. The number of methoxy groups -OCH3 is 2. The molecule has 3 aliphatic heterocycles. The molecule has 1 amide bonds. The summed E-state index contributed by atoms with van der Waals surface area (Å²) >= 11 is 0. The van der Waals surface area contributed by atoms with Crippen LogP contribution in [0.2, 0.25) is 0 Å². The van der Waals surface area contributed by atoms with Gasteiger partial charge in [-0.3, -0.25) is 14.4 Å². The van der Waals surface area contributed by atoms with Crippen molar-refractivity contribution in [2.75, 3.05) is 32.7 Å². The summed E-state index contributed by atoms with van der Waals surface area (Å²) in [5, 5.41) is 36.9. The van der Waals surface area contributed by atoms with Crippen LogP contribution in [0, 0.1) is 29.6 Å². The zero-order valence-electron chi connectivity index (χ0n) is 42.4. The van der Waals surface area contributed by atoms with E-state index in [1.165, 1.54) is 24.6 Å². The number of benzene rings is 1. The van der Waals surface area contributed by atoms with Gasteiger partial charge in [0.05, 0.1) is 30.5 Å². The van der Waals surface area contributed by atoms with E-state index in [1.807, 2.05) is 40.0 Å². The van der Waals surface area contributed by atoms with Gasteiger partial charge in [0.2, 0.25) is 5.79 Å². The van der Waals surface area contributed by atoms with E-state index in [1.54, 1.807) is 13.8 Å². The first kappa shape index (κ1) is 53.4. The number of ketones is 2. The molecule has 4 heterocycles. The lowest BCUT2D eigenvalue weighted by Crippen LogP contribution is -2.64. The average Bonchev–Trinajstić information content (AvgIpc) is 3.72. The predicted octanol–water partition coefficient (Wildman–Crippen LogP) is 7.33. The number of rotatable bonds is 9. The molecule has 0 radical (unpaired) electrons. The number of carbonyl (C=O) groups excluding carboxylic acids is 4. The van der Waals surface area contributed by atoms with Gasteiger partial charge >= 0.3 is 5.97 Å². The summed E-state index contributed by atoms with van der Waals surface area (Å²) in [6.45, 7) is 14.4. The first-order valence-corrected chi connectivity index (χ1v) is 25.4. The van der Waals surface area contributed by atoms with E-state index in [2.05, 4.69) is 53.8 Å². The summed E-state index contributed by atoms with van der Waals surface area (Å²) in [4.78, 5) is 60.7. The number of esters is 1. The first-order chi connectivity index (χ1) is 32.3. The van der Waals surface area contributed by atoms with E-state index in [4.69, 9.17) is 18.9 Å². The Hall–Kier alpha value is -3.92. The molecule has 14 nitrogen and oxygen atoms in total. The Morgan fingerprint density at radius 1 is 0.941 bits per heavy atom. The molecule has 3 N–H and O–H groups in total. The number of hydrogen-bond acceptors (Lipinski definition) is 12. The minimum absolute atomic E-state index is 0.0263. The molecule has 1 aromatic carbocycles. The first-order valence-electron chi connectivity index (χ1n) is 25.4. The smallest absolute Gasteiger partial charge is 0.329 e. The maximum atomic E-state index is 14.6. The molecule has 1 aromatic heterocycles. The van der Waals surface area contributed by atoms with Crippen LogP contribution in [0.1, 0.15) is 126 Å². The SMILES string of the molecule is CCCn1ccc2cc(N(C)C3CCC(C=C(C)C4OC(=O)C5CCCCN5C(=O)C(=O)C5(O)OC(C(OC)CC(C)C/C(C)=C/C(CC)C(=O)CC(O)C4C)C(OC)CC5C)CC3O)ccc21. The van der Waals surface area contributed by atoms with Crippen LogP contribution in [0.25, 0.3) is 10.9 Å². The average molecular weight is 948 g/mol. The van der Waals surface area contributed by atoms with Crippen molar-refractivity contribution in [1.29, 1.82) is 0 Å². The lowest BCUT2D eigenvalue weighted by Gasteiger charge is -2.47. The van der Waals surface area contributed by atoms with Gasteiger partial charge in [-0.05, 0) is 126 Å². The third-order valence-electron chi connectivity index (χ3n) is 15.7. The predicted molar refractivity (Wildman–Crippen MR) is 262 cm³/mol. The number of hydrogen-bond donors (Lipinski definition) is 3. The fourth-order valence-corrected chi connectivity index (χ4v) is 11.6. The number of carbonyl (C=O) groups is 4. The van der Waals surface area contributed by atoms with Crippen molar-refractivity contribution in [2.24, 2.45) is 29.6 Å². The lowest BCUT2D eigenvalue weighted by atomic mass is 9.80. The third-order valence-corrected chi connectivity index (χ3v) is 15.7. The minimum Gasteiger partial charge on any atom is -0.456 e. The van der Waals surface area contributed by atoms with Gasteiger partial charge in [-0.25, -0.2) is 4.79 Å². The molecule has 2 aromatic rings. The normalized spacial score (nSPS) is 36.4. The Labute approximate surface area is 404 Å². The Balaban J connectivity index is 1.29. The number of aliphatic hydroxyl groups excluding tert-OH is 2. The van der Waals surface area contributed by atoms with E-state index in [9.17, 15) is 34.5 Å². The maximum absolute atomic E-state index is 14.6. The summed E-state index contributed by atoms with van der Waals surface area (Å²) in [7, 11) is 5.10. The van der Waals surface area contributed by atoms with E-state index in [0.717, 1.165) is 36.0 Å². The van der Waals surface area contributed by atoms with Crippen LogP contribution in [-0.4, -0.2) is 131 Å². The highest BCUT2D eigenvalue weighted by Gasteiger charge is 2.56. The number of aryl methyl sites for hydroxylation is 1. The Morgan fingerprint density at radius 2 is 1.66 bits per heavy atom. The lowest BCUT2D eigenvalue weighted by molar-refractivity contribution is -0.302. The molecule has 378 valence electrons. The van der Waals surface area contributed by atoms with Crippen molar-refractivity contribution in [2.45, 2.75) is 187 Å². The van der Waals surface area contributed by atoms with Crippen molar-refractivity contribution < 1.29 is 53.4 Å². The number of likely N-dealkylation sites (N-methyl/N-ethyl adjacent to an activating group) is 1.